The smallest absolute Gasteiger partial charge is 0.312 e. The van der Waals surface area contributed by atoms with Crippen LogP contribution >= 0.6 is 0 Å². The number of carbonyl (C=O) groups is 3. The number of aliphatic hydroxyl groups excluding tert-OH is 1. The number of hydrogen-bond acceptors (Lipinski definition) is 6. The number of ether oxygens (including phenoxy) is 2. The maximum Gasteiger partial charge on any atom is 0.312 e. The Kier molecular flexibility index (Phi) is 8.24. The van der Waals surface area contributed by atoms with Crippen LogP contribution in [0, 0.1) is 11.8 Å². The molecule has 3 saturated heterocycles. The number of amides is 2. The van der Waals surface area contributed by atoms with Gasteiger partial charge in [-0.05, 0) is 52.4 Å². The van der Waals surface area contributed by atoms with Gasteiger partial charge in [0.15, 0.2) is 0 Å². The molecular formula is C26H40N2O6. The molecule has 0 aliphatic carbocycles. The van der Waals surface area contributed by atoms with E-state index >= 15 is 0 Å². The predicted octanol–water partition coefficient (Wildman–Crippen LogP) is 2.46. The van der Waals surface area contributed by atoms with E-state index in [-0.39, 0.29) is 37.6 Å². The molecule has 0 aromatic rings. The first-order valence-electron chi connectivity index (χ1n) is 12.5. The van der Waals surface area contributed by atoms with Gasteiger partial charge in [-0.1, -0.05) is 19.1 Å². The van der Waals surface area contributed by atoms with Gasteiger partial charge in [0.2, 0.25) is 11.8 Å². The molecule has 5 atom stereocenters. The second-order valence-electron chi connectivity index (χ2n) is 9.91. The van der Waals surface area contributed by atoms with Crippen LogP contribution < -0.4 is 0 Å². The molecular weight excluding hydrogens is 436 g/mol. The predicted molar refractivity (Wildman–Crippen MR) is 128 cm³/mol. The van der Waals surface area contributed by atoms with Crippen molar-refractivity contribution >= 4 is 17.8 Å². The lowest BCUT2D eigenvalue weighted by Crippen LogP contribution is -2.57. The van der Waals surface area contributed by atoms with Crippen molar-refractivity contribution in [1.29, 1.82) is 0 Å². The summed E-state index contributed by atoms with van der Waals surface area (Å²) in [7, 11) is 0. The summed E-state index contributed by atoms with van der Waals surface area (Å²) in [6.07, 6.45) is 7.59. The Morgan fingerprint density at radius 2 is 2.03 bits per heavy atom. The number of β-amino-alcohol motifs (C(OH)–C–C–N with tert-alkyl or cyclic N) is 1. The van der Waals surface area contributed by atoms with E-state index in [0.29, 0.717) is 25.8 Å². The van der Waals surface area contributed by atoms with E-state index in [4.69, 9.17) is 9.47 Å². The molecule has 8 heteroatoms. The highest BCUT2D eigenvalue weighted by molar-refractivity contribution is 5.98. The Morgan fingerprint density at radius 3 is 2.62 bits per heavy atom. The van der Waals surface area contributed by atoms with Crippen molar-refractivity contribution in [3.8, 4) is 0 Å². The summed E-state index contributed by atoms with van der Waals surface area (Å²) in [5.41, 5.74) is -1.91. The molecule has 3 aliphatic heterocycles. The maximum absolute atomic E-state index is 13.9. The van der Waals surface area contributed by atoms with Crippen LogP contribution in [-0.2, 0) is 23.9 Å². The fourth-order valence-electron chi connectivity index (χ4n) is 6.21. The molecule has 3 heterocycles. The Hall–Kier alpha value is -2.19. The third kappa shape index (κ3) is 4.19. The van der Waals surface area contributed by atoms with Crippen LogP contribution in [0.25, 0.3) is 0 Å². The van der Waals surface area contributed by atoms with Crippen molar-refractivity contribution in [2.24, 2.45) is 11.8 Å². The van der Waals surface area contributed by atoms with Gasteiger partial charge in [-0.15, -0.1) is 13.2 Å². The van der Waals surface area contributed by atoms with Gasteiger partial charge >= 0.3 is 5.97 Å². The van der Waals surface area contributed by atoms with Gasteiger partial charge in [0.1, 0.15) is 17.6 Å². The number of allylic oxidation sites excluding steroid dienone is 1. The Balaban J connectivity index is 1.96. The van der Waals surface area contributed by atoms with Gasteiger partial charge in [-0.2, -0.15) is 0 Å². The van der Waals surface area contributed by atoms with E-state index < -0.39 is 35.0 Å². The van der Waals surface area contributed by atoms with Crippen molar-refractivity contribution in [3.63, 3.8) is 0 Å². The fraction of sp³-hybridized carbons (Fsp3) is 0.731. The van der Waals surface area contributed by atoms with Crippen molar-refractivity contribution in [2.75, 3.05) is 26.3 Å². The summed E-state index contributed by atoms with van der Waals surface area (Å²) >= 11 is 0. The van der Waals surface area contributed by atoms with E-state index in [1.807, 2.05) is 26.8 Å². The van der Waals surface area contributed by atoms with Crippen LogP contribution in [0.5, 0.6) is 0 Å². The summed E-state index contributed by atoms with van der Waals surface area (Å²) in [6.45, 7) is 13.6. The van der Waals surface area contributed by atoms with Crippen molar-refractivity contribution in [3.05, 3.63) is 25.3 Å². The highest BCUT2D eigenvalue weighted by atomic mass is 16.6. The number of carbonyl (C=O) groups excluding carboxylic acids is 3. The highest BCUT2D eigenvalue weighted by Gasteiger charge is 2.79. The van der Waals surface area contributed by atoms with Crippen molar-refractivity contribution in [2.45, 2.75) is 82.6 Å². The molecule has 1 N–H and O–H groups in total. The minimum Gasteiger partial charge on any atom is -0.465 e. The largest absolute Gasteiger partial charge is 0.465 e. The van der Waals surface area contributed by atoms with Gasteiger partial charge < -0.3 is 24.4 Å². The van der Waals surface area contributed by atoms with Crippen molar-refractivity contribution < 1.29 is 29.0 Å². The molecule has 3 fully saturated rings. The number of fused-ring (bicyclic) bond motifs is 1. The Labute approximate surface area is 202 Å². The van der Waals surface area contributed by atoms with Gasteiger partial charge in [0.05, 0.1) is 24.7 Å². The summed E-state index contributed by atoms with van der Waals surface area (Å²) in [4.78, 5) is 44.1. The zero-order valence-corrected chi connectivity index (χ0v) is 20.8. The summed E-state index contributed by atoms with van der Waals surface area (Å²) in [5.74, 6) is -2.52. The van der Waals surface area contributed by atoms with Crippen LogP contribution in [0.15, 0.2) is 25.3 Å². The molecule has 2 unspecified atom stereocenters. The minimum atomic E-state index is -1.10. The second-order valence-corrected chi connectivity index (χ2v) is 9.91. The first-order valence-corrected chi connectivity index (χ1v) is 12.5. The summed E-state index contributed by atoms with van der Waals surface area (Å²) < 4.78 is 12.3. The average molecular weight is 477 g/mol. The van der Waals surface area contributed by atoms with Crippen molar-refractivity contribution in [1.82, 2.24) is 9.80 Å². The van der Waals surface area contributed by atoms with Gasteiger partial charge in [0, 0.05) is 19.1 Å². The molecule has 0 aromatic heterocycles. The minimum absolute atomic E-state index is 0.0132. The molecule has 2 amide bonds. The topological polar surface area (TPSA) is 96.4 Å². The van der Waals surface area contributed by atoms with Crippen LogP contribution in [0.3, 0.4) is 0 Å². The van der Waals surface area contributed by atoms with Gasteiger partial charge in [0.25, 0.3) is 0 Å². The molecule has 3 aliphatic rings. The summed E-state index contributed by atoms with van der Waals surface area (Å²) in [5, 5.41) is 9.71. The monoisotopic (exact) mass is 476 g/mol. The number of likely N-dealkylation sites (tertiary alicyclic amines) is 1. The molecule has 0 radical (unpaired) electrons. The highest BCUT2D eigenvalue weighted by Crippen LogP contribution is 2.64. The third-order valence-corrected chi connectivity index (χ3v) is 7.79. The van der Waals surface area contributed by atoms with Crippen LogP contribution in [-0.4, -0.2) is 82.3 Å². The first kappa shape index (κ1) is 26.4. The number of esters is 1. The molecule has 8 nitrogen and oxygen atoms in total. The molecule has 1 spiro atoms. The first-order chi connectivity index (χ1) is 16.2. The second kappa shape index (κ2) is 10.6. The van der Waals surface area contributed by atoms with Gasteiger partial charge in [-0.3, -0.25) is 14.4 Å². The number of aliphatic hydroxyl groups is 1. The zero-order valence-electron chi connectivity index (χ0n) is 20.8. The number of nitrogens with zero attached hydrogens (tertiary/aromatic N) is 2. The lowest BCUT2D eigenvalue weighted by Gasteiger charge is -2.38. The molecule has 190 valence electrons. The van der Waals surface area contributed by atoms with Crippen LogP contribution in [0.2, 0.25) is 0 Å². The average Bonchev–Trinajstić information content (AvgIpc) is 3.41. The Bertz CT molecular complexity index is 813. The zero-order chi connectivity index (χ0) is 25.1. The quantitative estimate of drug-likeness (QED) is 0.249. The molecule has 34 heavy (non-hydrogen) atoms. The van der Waals surface area contributed by atoms with E-state index in [0.717, 1.165) is 19.3 Å². The third-order valence-electron chi connectivity index (χ3n) is 7.79. The molecule has 2 bridgehead atoms. The lowest BCUT2D eigenvalue weighted by molar-refractivity contribution is -0.162. The van der Waals surface area contributed by atoms with Crippen LogP contribution in [0.4, 0.5) is 0 Å². The standard InChI is InChI=1S/C26H40N2O6/c1-6-9-10-11-17-33-24(32)20-19-22(30)28(15-16-29)21(23(31)27(14-7-2)18(4)5)26(19)13-12-25(20,8-3)34-26/h6-7,18-21,29H,1-2,8-17H2,3-5H3/t19-,20+,21?,25-,26?/m0/s1. The number of rotatable bonds is 13. The molecule has 0 saturated carbocycles. The SMILES string of the molecule is C=CCCCCOC(=O)[C@H]1[C@H]2C(=O)N(CCO)C(C(=O)N(CC=C)C(C)C)C23CC[C@]1(CC)O3. The Morgan fingerprint density at radius 1 is 1.29 bits per heavy atom. The van der Waals surface area contributed by atoms with Gasteiger partial charge in [-0.25, -0.2) is 0 Å². The fourth-order valence-corrected chi connectivity index (χ4v) is 6.21. The number of hydrogen-bond donors (Lipinski definition) is 1. The normalized spacial score (nSPS) is 31.6. The number of unbranched alkanes of at least 4 members (excludes halogenated alkanes) is 2. The molecule has 3 rings (SSSR count). The van der Waals surface area contributed by atoms with E-state index in [2.05, 4.69) is 13.2 Å². The van der Waals surface area contributed by atoms with Crippen LogP contribution in [0.1, 0.15) is 59.3 Å². The molecule has 0 aromatic carbocycles. The maximum atomic E-state index is 13.9. The van der Waals surface area contributed by atoms with E-state index in [1.54, 1.807) is 11.0 Å². The van der Waals surface area contributed by atoms with E-state index in [9.17, 15) is 19.5 Å². The summed E-state index contributed by atoms with van der Waals surface area (Å²) in [6, 6.07) is -1.000. The van der Waals surface area contributed by atoms with E-state index in [1.165, 1.54) is 4.90 Å². The lowest BCUT2D eigenvalue weighted by atomic mass is 9.65.